The fraction of sp³-hybridized carbons (Fsp3) is 0.467. The van der Waals surface area contributed by atoms with Gasteiger partial charge in [-0.1, -0.05) is 17.7 Å². The summed E-state index contributed by atoms with van der Waals surface area (Å²) in [6.07, 6.45) is 0.752. The van der Waals surface area contributed by atoms with Gasteiger partial charge in [0.05, 0.1) is 23.5 Å². The summed E-state index contributed by atoms with van der Waals surface area (Å²) in [4.78, 5) is 6.46. The van der Waals surface area contributed by atoms with E-state index in [4.69, 9.17) is 11.6 Å². The average Bonchev–Trinajstić information content (AvgIpc) is 2.77. The van der Waals surface area contributed by atoms with Crippen LogP contribution in [0.5, 0.6) is 0 Å². The molecule has 2 aromatic heterocycles. The number of aromatic nitrogens is 3. The number of aliphatic hydroxyl groups is 1. The van der Waals surface area contributed by atoms with Gasteiger partial charge >= 0.3 is 0 Å². The van der Waals surface area contributed by atoms with E-state index < -0.39 is 6.10 Å². The Morgan fingerprint density at radius 2 is 2.05 bits per heavy atom. The second kappa shape index (κ2) is 6.56. The molecule has 0 spiro atoms. The number of aliphatic hydroxyl groups excluding tert-OH is 1. The molecule has 0 aliphatic rings. The number of pyridine rings is 1. The SMILES string of the molecule is Cc1ccc(C(O)c2c(Cl)cnn2CCN(C)C)c(C)n1. The Hall–Kier alpha value is -1.43. The van der Waals surface area contributed by atoms with Gasteiger partial charge in [0.1, 0.15) is 6.10 Å². The summed E-state index contributed by atoms with van der Waals surface area (Å²) in [6, 6.07) is 3.78. The first-order chi connectivity index (χ1) is 9.90. The number of nitrogens with zero attached hydrogens (tertiary/aromatic N) is 4. The number of halogens is 1. The predicted octanol–water partition coefficient (Wildman–Crippen LogP) is 2.19. The van der Waals surface area contributed by atoms with E-state index in [0.717, 1.165) is 23.5 Å². The van der Waals surface area contributed by atoms with E-state index in [2.05, 4.69) is 15.0 Å². The molecular weight excluding hydrogens is 288 g/mol. The third-order valence-electron chi connectivity index (χ3n) is 3.41. The van der Waals surface area contributed by atoms with Crippen LogP contribution in [-0.2, 0) is 6.54 Å². The third kappa shape index (κ3) is 3.61. The monoisotopic (exact) mass is 308 g/mol. The molecule has 0 aromatic carbocycles. The van der Waals surface area contributed by atoms with E-state index in [9.17, 15) is 5.11 Å². The van der Waals surface area contributed by atoms with Crippen LogP contribution in [0.1, 0.15) is 28.7 Å². The molecule has 2 aromatic rings. The molecule has 1 N–H and O–H groups in total. The molecule has 0 saturated carbocycles. The van der Waals surface area contributed by atoms with Crippen molar-refractivity contribution in [3.05, 3.63) is 46.0 Å². The lowest BCUT2D eigenvalue weighted by Crippen LogP contribution is -2.21. The fourth-order valence-electron chi connectivity index (χ4n) is 2.25. The first-order valence-electron chi connectivity index (χ1n) is 6.88. The lowest BCUT2D eigenvalue weighted by molar-refractivity contribution is 0.204. The highest BCUT2D eigenvalue weighted by Gasteiger charge is 2.21. The minimum atomic E-state index is -0.824. The molecule has 0 saturated heterocycles. The average molecular weight is 309 g/mol. The van der Waals surface area contributed by atoms with Crippen molar-refractivity contribution in [1.29, 1.82) is 0 Å². The van der Waals surface area contributed by atoms with Gasteiger partial charge in [-0.3, -0.25) is 9.67 Å². The van der Waals surface area contributed by atoms with Crippen LogP contribution in [0.3, 0.4) is 0 Å². The number of aryl methyl sites for hydroxylation is 2. The Kier molecular flexibility index (Phi) is 4.98. The van der Waals surface area contributed by atoms with Gasteiger partial charge in [0.25, 0.3) is 0 Å². The van der Waals surface area contributed by atoms with Gasteiger partial charge in [-0.2, -0.15) is 5.10 Å². The Morgan fingerprint density at radius 1 is 1.33 bits per heavy atom. The lowest BCUT2D eigenvalue weighted by Gasteiger charge is -2.17. The van der Waals surface area contributed by atoms with E-state index >= 15 is 0 Å². The van der Waals surface area contributed by atoms with Crippen LogP contribution in [0.25, 0.3) is 0 Å². The number of hydrogen-bond acceptors (Lipinski definition) is 4. The molecule has 0 radical (unpaired) electrons. The molecule has 2 rings (SSSR count). The van der Waals surface area contributed by atoms with Crippen LogP contribution in [0.2, 0.25) is 5.02 Å². The summed E-state index contributed by atoms with van der Waals surface area (Å²) in [6.45, 7) is 5.31. The largest absolute Gasteiger partial charge is 0.382 e. The lowest BCUT2D eigenvalue weighted by atomic mass is 10.0. The fourth-order valence-corrected chi connectivity index (χ4v) is 2.49. The van der Waals surface area contributed by atoms with Crippen LogP contribution in [0, 0.1) is 13.8 Å². The van der Waals surface area contributed by atoms with Crippen LogP contribution in [0.4, 0.5) is 0 Å². The van der Waals surface area contributed by atoms with Crippen molar-refractivity contribution in [1.82, 2.24) is 19.7 Å². The highest BCUT2D eigenvalue weighted by atomic mass is 35.5. The molecule has 0 aliphatic carbocycles. The topological polar surface area (TPSA) is 54.2 Å². The Bertz CT molecular complexity index is 624. The molecular formula is C15H21ClN4O. The zero-order valence-corrected chi connectivity index (χ0v) is 13.6. The quantitative estimate of drug-likeness (QED) is 0.920. The molecule has 114 valence electrons. The Morgan fingerprint density at radius 3 is 2.67 bits per heavy atom. The molecule has 5 nitrogen and oxygen atoms in total. The van der Waals surface area contributed by atoms with Gasteiger partial charge in [0.2, 0.25) is 0 Å². The van der Waals surface area contributed by atoms with Gasteiger partial charge in [-0.15, -0.1) is 0 Å². The second-order valence-electron chi connectivity index (χ2n) is 5.43. The van der Waals surface area contributed by atoms with Crippen molar-refractivity contribution in [2.24, 2.45) is 0 Å². The standard InChI is InChI=1S/C15H21ClN4O/c1-10-5-6-12(11(2)18-10)15(21)14-13(16)9-17-20(14)8-7-19(3)4/h5-6,9,15,21H,7-8H2,1-4H3. The maximum atomic E-state index is 10.7. The normalized spacial score (nSPS) is 12.9. The second-order valence-corrected chi connectivity index (χ2v) is 5.84. The van der Waals surface area contributed by atoms with E-state index in [1.807, 2.05) is 40.1 Å². The van der Waals surface area contributed by atoms with Gasteiger partial charge in [-0.25, -0.2) is 0 Å². The van der Waals surface area contributed by atoms with Crippen LogP contribution >= 0.6 is 11.6 Å². The molecule has 0 aliphatic heterocycles. The first kappa shape index (κ1) is 15.9. The zero-order valence-electron chi connectivity index (χ0n) is 12.8. The van der Waals surface area contributed by atoms with Crippen molar-refractivity contribution in [2.75, 3.05) is 20.6 Å². The summed E-state index contributed by atoms with van der Waals surface area (Å²) in [5.41, 5.74) is 3.11. The van der Waals surface area contributed by atoms with E-state index in [-0.39, 0.29) is 0 Å². The van der Waals surface area contributed by atoms with Crippen LogP contribution in [0.15, 0.2) is 18.3 Å². The predicted molar refractivity (Wildman–Crippen MR) is 83.6 cm³/mol. The summed E-state index contributed by atoms with van der Waals surface area (Å²) in [5, 5.41) is 15.4. The molecule has 1 unspecified atom stereocenters. The Labute approximate surface area is 130 Å². The van der Waals surface area contributed by atoms with Gasteiger partial charge in [0.15, 0.2) is 0 Å². The highest BCUT2D eigenvalue weighted by molar-refractivity contribution is 6.31. The van der Waals surface area contributed by atoms with Gasteiger partial charge in [0, 0.05) is 23.5 Å². The number of rotatable bonds is 5. The van der Waals surface area contributed by atoms with Crippen molar-refractivity contribution in [3.63, 3.8) is 0 Å². The molecule has 6 heteroatoms. The molecule has 0 fully saturated rings. The summed E-state index contributed by atoms with van der Waals surface area (Å²) < 4.78 is 1.76. The van der Waals surface area contributed by atoms with E-state index in [0.29, 0.717) is 17.3 Å². The molecule has 0 bridgehead atoms. The molecule has 2 heterocycles. The first-order valence-corrected chi connectivity index (χ1v) is 7.26. The Balaban J connectivity index is 2.34. The minimum absolute atomic E-state index is 0.473. The summed E-state index contributed by atoms with van der Waals surface area (Å²) >= 11 is 6.21. The summed E-state index contributed by atoms with van der Waals surface area (Å²) in [5.74, 6) is 0. The highest BCUT2D eigenvalue weighted by Crippen LogP contribution is 2.29. The van der Waals surface area contributed by atoms with Gasteiger partial charge in [-0.05, 0) is 34.0 Å². The van der Waals surface area contributed by atoms with E-state index in [1.165, 1.54) is 0 Å². The van der Waals surface area contributed by atoms with Crippen molar-refractivity contribution < 1.29 is 5.11 Å². The minimum Gasteiger partial charge on any atom is -0.382 e. The van der Waals surface area contributed by atoms with Crippen LogP contribution < -0.4 is 0 Å². The number of hydrogen-bond donors (Lipinski definition) is 1. The molecule has 1 atom stereocenters. The van der Waals surface area contributed by atoms with Crippen molar-refractivity contribution in [2.45, 2.75) is 26.5 Å². The van der Waals surface area contributed by atoms with Crippen LogP contribution in [-0.4, -0.2) is 45.4 Å². The van der Waals surface area contributed by atoms with Gasteiger partial charge < -0.3 is 10.0 Å². The molecule has 0 amide bonds. The third-order valence-corrected chi connectivity index (χ3v) is 3.70. The maximum absolute atomic E-state index is 10.7. The summed E-state index contributed by atoms with van der Waals surface area (Å²) in [7, 11) is 3.99. The van der Waals surface area contributed by atoms with Crippen molar-refractivity contribution >= 4 is 11.6 Å². The number of likely N-dealkylation sites (N-methyl/N-ethyl adjacent to an activating group) is 1. The van der Waals surface area contributed by atoms with Crippen molar-refractivity contribution in [3.8, 4) is 0 Å². The molecule has 21 heavy (non-hydrogen) atoms. The zero-order chi connectivity index (χ0) is 15.6. The maximum Gasteiger partial charge on any atom is 0.124 e. The van der Waals surface area contributed by atoms with E-state index in [1.54, 1.807) is 10.9 Å². The smallest absolute Gasteiger partial charge is 0.124 e.